The smallest absolute Gasteiger partial charge is 0.301 e. The Kier molecular flexibility index (Phi) is 4.64. The van der Waals surface area contributed by atoms with E-state index in [4.69, 9.17) is 12.3 Å². The van der Waals surface area contributed by atoms with Gasteiger partial charge in [0.2, 0.25) is 0 Å². The van der Waals surface area contributed by atoms with Gasteiger partial charge in [0.1, 0.15) is 13.4 Å². The molecule has 0 bridgehead atoms. The van der Waals surface area contributed by atoms with E-state index in [9.17, 15) is 14.4 Å². The lowest BCUT2D eigenvalue weighted by Gasteiger charge is -2.18. The number of hydrogen-bond acceptors (Lipinski definition) is 4. The van der Waals surface area contributed by atoms with Crippen LogP contribution in [0.25, 0.3) is 10.9 Å². The molecule has 4 aromatic rings. The van der Waals surface area contributed by atoms with Crippen molar-refractivity contribution in [2.45, 2.75) is 0 Å². The van der Waals surface area contributed by atoms with Crippen LogP contribution in [0.3, 0.4) is 0 Å². The van der Waals surface area contributed by atoms with E-state index < -0.39 is 17.4 Å². The molecule has 140 valence electrons. The molecule has 0 aliphatic rings. The van der Waals surface area contributed by atoms with Crippen LogP contribution >= 0.6 is 0 Å². The Labute approximate surface area is 167 Å². The second-order valence-corrected chi connectivity index (χ2v) is 6.50. The molecule has 2 aromatic carbocycles. The molecule has 4 rings (SSSR count). The molecule has 0 atom stereocenters. The van der Waals surface area contributed by atoms with Crippen molar-refractivity contribution in [1.29, 1.82) is 0 Å². The number of pyridine rings is 1. The first-order chi connectivity index (χ1) is 14.0. The summed E-state index contributed by atoms with van der Waals surface area (Å²) in [4.78, 5) is 40.6. The molecule has 7 heteroatoms. The lowest BCUT2D eigenvalue weighted by molar-refractivity contribution is 0.0933. The van der Waals surface area contributed by atoms with Crippen molar-refractivity contribution >= 4 is 41.7 Å². The highest BCUT2D eigenvalue weighted by Gasteiger charge is 2.24. The van der Waals surface area contributed by atoms with Gasteiger partial charge < -0.3 is 9.32 Å². The molecule has 0 N–H and O–H groups in total. The summed E-state index contributed by atoms with van der Waals surface area (Å²) >= 11 is 0. The quantitative estimate of drug-likeness (QED) is 0.510. The number of furan rings is 1. The Morgan fingerprint density at radius 3 is 2.41 bits per heavy atom. The van der Waals surface area contributed by atoms with Gasteiger partial charge in [-0.25, -0.2) is 4.57 Å². The number of fused-ring (bicyclic) bond motifs is 1. The predicted octanol–water partition coefficient (Wildman–Crippen LogP) is 2.35. The fourth-order valence-corrected chi connectivity index (χ4v) is 3.12. The maximum Gasteiger partial charge on any atom is 0.301 e. The minimum absolute atomic E-state index is 0.00809. The average Bonchev–Trinajstić information content (AvgIpc) is 3.27. The molecule has 29 heavy (non-hydrogen) atoms. The fraction of sp³-hybridized carbons (Fsp3) is 0.0455. The highest BCUT2D eigenvalue weighted by molar-refractivity contribution is 6.32. The number of anilines is 1. The maximum atomic E-state index is 13.2. The molecule has 0 spiro atoms. The average molecular weight is 382 g/mol. The van der Waals surface area contributed by atoms with Crippen molar-refractivity contribution in [3.8, 4) is 0 Å². The molecule has 2 aromatic heterocycles. The molecule has 2 heterocycles. The molecule has 0 aliphatic carbocycles. The van der Waals surface area contributed by atoms with E-state index in [1.165, 1.54) is 23.3 Å². The van der Waals surface area contributed by atoms with E-state index in [0.29, 0.717) is 22.1 Å². The first-order valence-corrected chi connectivity index (χ1v) is 8.84. The molecule has 2 radical (unpaired) electrons. The molecule has 0 fully saturated rings. The summed E-state index contributed by atoms with van der Waals surface area (Å²) in [6.07, 6.45) is 1.35. The lowest BCUT2D eigenvalue weighted by atomic mass is 9.96. The van der Waals surface area contributed by atoms with Gasteiger partial charge in [0, 0.05) is 12.7 Å². The molecular formula is C22H15BN2O4. The highest BCUT2D eigenvalue weighted by atomic mass is 16.3. The van der Waals surface area contributed by atoms with Crippen molar-refractivity contribution in [2.75, 3.05) is 11.9 Å². The summed E-state index contributed by atoms with van der Waals surface area (Å²) in [5.41, 5.74) is 0.693. The van der Waals surface area contributed by atoms with E-state index in [2.05, 4.69) is 0 Å². The Balaban J connectivity index is 1.88. The van der Waals surface area contributed by atoms with Crippen LogP contribution < -0.4 is 15.9 Å². The molecule has 0 aliphatic heterocycles. The van der Waals surface area contributed by atoms with E-state index in [0.717, 1.165) is 4.57 Å². The Bertz CT molecular complexity index is 1270. The molecule has 6 nitrogen and oxygen atoms in total. The van der Waals surface area contributed by atoms with Crippen molar-refractivity contribution in [2.24, 2.45) is 0 Å². The first kappa shape index (κ1) is 18.5. The van der Waals surface area contributed by atoms with Gasteiger partial charge in [0.05, 0.1) is 11.8 Å². The van der Waals surface area contributed by atoms with Crippen molar-refractivity contribution in [1.82, 2.24) is 4.57 Å². The maximum absolute atomic E-state index is 13.2. The van der Waals surface area contributed by atoms with Crippen LogP contribution in [0.15, 0.2) is 82.2 Å². The van der Waals surface area contributed by atoms with Crippen molar-refractivity contribution in [3.63, 3.8) is 0 Å². The molecule has 0 saturated heterocycles. The van der Waals surface area contributed by atoms with Gasteiger partial charge in [-0.1, -0.05) is 35.8 Å². The number of rotatable bonds is 3. The van der Waals surface area contributed by atoms with Gasteiger partial charge in [-0.2, -0.15) is 0 Å². The number of para-hydroxylation sites is 1. The van der Waals surface area contributed by atoms with Gasteiger partial charge in [-0.3, -0.25) is 14.4 Å². The summed E-state index contributed by atoms with van der Waals surface area (Å²) < 4.78 is 6.14. The van der Waals surface area contributed by atoms with Gasteiger partial charge in [-0.05, 0) is 41.8 Å². The topological polar surface area (TPSA) is 72.5 Å². The van der Waals surface area contributed by atoms with Crippen molar-refractivity contribution < 1.29 is 14.0 Å². The van der Waals surface area contributed by atoms with Crippen LogP contribution in [0.2, 0.25) is 0 Å². The third-order valence-electron chi connectivity index (χ3n) is 4.66. The fourth-order valence-electron chi connectivity index (χ4n) is 3.12. The third-order valence-corrected chi connectivity index (χ3v) is 4.66. The summed E-state index contributed by atoms with van der Waals surface area (Å²) in [5, 5.41) is 0.584. The summed E-state index contributed by atoms with van der Waals surface area (Å²) in [5.74, 6) is -1.17. The standard InChI is InChI=1S/C22H15BN2O4/c1-24(16-10-8-15(23)9-11-16)20(26)17-13-14-5-2-3-6-18(14)25(21(17)27)22(28)19-7-4-12-29-19/h2-13H,1H3. The summed E-state index contributed by atoms with van der Waals surface area (Å²) in [6.45, 7) is 0. The Hall–Kier alpha value is -3.87. The largest absolute Gasteiger partial charge is 0.459 e. The zero-order chi connectivity index (χ0) is 20.5. The van der Waals surface area contributed by atoms with E-state index in [-0.39, 0.29) is 11.3 Å². The van der Waals surface area contributed by atoms with Gasteiger partial charge in [-0.15, -0.1) is 0 Å². The number of hydrogen-bond donors (Lipinski definition) is 0. The zero-order valence-corrected chi connectivity index (χ0v) is 15.5. The van der Waals surface area contributed by atoms with E-state index in [1.54, 1.807) is 61.6 Å². The van der Waals surface area contributed by atoms with Crippen LogP contribution in [-0.2, 0) is 0 Å². The van der Waals surface area contributed by atoms with Crippen LogP contribution in [0, 0.1) is 0 Å². The Morgan fingerprint density at radius 2 is 1.72 bits per heavy atom. The molecular weight excluding hydrogens is 367 g/mol. The third kappa shape index (κ3) is 3.27. The van der Waals surface area contributed by atoms with Crippen molar-refractivity contribution in [3.05, 3.63) is 94.7 Å². The monoisotopic (exact) mass is 382 g/mol. The number of carbonyl (C=O) groups is 2. The summed E-state index contributed by atoms with van der Waals surface area (Å²) in [6, 6.07) is 18.1. The highest BCUT2D eigenvalue weighted by Crippen LogP contribution is 2.18. The number of nitrogens with zero attached hydrogens (tertiary/aromatic N) is 2. The van der Waals surface area contributed by atoms with E-state index in [1.807, 2.05) is 0 Å². The molecule has 1 amide bonds. The zero-order valence-electron chi connectivity index (χ0n) is 15.5. The van der Waals surface area contributed by atoms with Gasteiger partial charge in [0.15, 0.2) is 5.76 Å². The van der Waals surface area contributed by atoms with E-state index >= 15 is 0 Å². The SMILES string of the molecule is [B]c1ccc(N(C)C(=O)c2cc3ccccc3n(C(=O)c3ccco3)c2=O)cc1. The lowest BCUT2D eigenvalue weighted by Crippen LogP contribution is -2.37. The summed E-state index contributed by atoms with van der Waals surface area (Å²) in [7, 11) is 7.25. The number of amides is 1. The van der Waals surface area contributed by atoms with Crippen LogP contribution in [0.5, 0.6) is 0 Å². The molecule has 0 unspecified atom stereocenters. The molecule has 0 saturated carbocycles. The number of aromatic nitrogens is 1. The minimum atomic E-state index is -0.711. The normalized spacial score (nSPS) is 10.8. The Morgan fingerprint density at radius 1 is 1.00 bits per heavy atom. The van der Waals surface area contributed by atoms with Gasteiger partial charge >= 0.3 is 5.91 Å². The van der Waals surface area contributed by atoms with Crippen LogP contribution in [0.4, 0.5) is 5.69 Å². The van der Waals surface area contributed by atoms with Crippen LogP contribution in [-0.4, -0.2) is 31.3 Å². The van der Waals surface area contributed by atoms with Crippen LogP contribution in [0.1, 0.15) is 20.9 Å². The van der Waals surface area contributed by atoms with Gasteiger partial charge in [0.25, 0.3) is 11.5 Å². The number of carbonyl (C=O) groups excluding carboxylic acids is 2. The number of benzene rings is 2. The second kappa shape index (κ2) is 7.28. The minimum Gasteiger partial charge on any atom is -0.459 e. The predicted molar refractivity (Wildman–Crippen MR) is 111 cm³/mol. The first-order valence-electron chi connectivity index (χ1n) is 8.84. The second-order valence-electron chi connectivity index (χ2n) is 6.50.